The summed E-state index contributed by atoms with van der Waals surface area (Å²) in [7, 11) is 2.08. The number of benzene rings is 1. The van der Waals surface area contributed by atoms with E-state index in [0.29, 0.717) is 22.9 Å². The van der Waals surface area contributed by atoms with Crippen LogP contribution in [0.15, 0.2) is 76.4 Å². The Morgan fingerprint density at radius 1 is 1.06 bits per heavy atom. The molecule has 8 nitrogen and oxygen atoms in total. The Hall–Kier alpha value is -3.91. The highest BCUT2D eigenvalue weighted by Gasteiger charge is 2.21. The Labute approximate surface area is 197 Å². The van der Waals surface area contributed by atoms with Crippen molar-refractivity contribution in [1.29, 1.82) is 0 Å². The molecule has 0 bridgehead atoms. The third kappa shape index (κ3) is 4.87. The molecule has 2 aliphatic rings. The van der Waals surface area contributed by atoms with Crippen molar-refractivity contribution >= 4 is 28.2 Å². The normalized spacial score (nSPS) is 21.1. The second kappa shape index (κ2) is 9.52. The summed E-state index contributed by atoms with van der Waals surface area (Å²) in [5.41, 5.74) is 3.71. The zero-order valence-electron chi connectivity index (χ0n) is 19.2. The van der Waals surface area contributed by atoms with Gasteiger partial charge in [-0.3, -0.25) is 9.59 Å². The maximum atomic E-state index is 12.9. The van der Waals surface area contributed by atoms with Gasteiger partial charge in [-0.2, -0.15) is 0 Å². The van der Waals surface area contributed by atoms with Crippen LogP contribution >= 0.6 is 0 Å². The summed E-state index contributed by atoms with van der Waals surface area (Å²) in [6.07, 6.45) is 9.42. The molecule has 1 saturated heterocycles. The van der Waals surface area contributed by atoms with Gasteiger partial charge in [0.05, 0.1) is 11.4 Å². The van der Waals surface area contributed by atoms with Gasteiger partial charge in [-0.05, 0) is 56.3 Å². The number of hydrogen-bond acceptors (Lipinski definition) is 5. The fraction of sp³-hybridized carbons (Fsp3) is 0.269. The highest BCUT2D eigenvalue weighted by atomic mass is 16.2. The maximum Gasteiger partial charge on any atom is 0.270 e. The number of likely N-dealkylation sites (N-methyl/N-ethyl adjacent to an activating group) is 1. The van der Waals surface area contributed by atoms with E-state index in [1.165, 1.54) is 6.07 Å². The van der Waals surface area contributed by atoms with Gasteiger partial charge in [0.25, 0.3) is 5.91 Å². The van der Waals surface area contributed by atoms with Gasteiger partial charge < -0.3 is 25.1 Å². The van der Waals surface area contributed by atoms with Crippen molar-refractivity contribution in [3.63, 3.8) is 0 Å². The van der Waals surface area contributed by atoms with Crippen molar-refractivity contribution in [3.8, 4) is 0 Å². The molecule has 1 amide bonds. The molecular weight excluding hydrogens is 428 g/mol. The Morgan fingerprint density at radius 2 is 1.91 bits per heavy atom. The van der Waals surface area contributed by atoms with E-state index in [9.17, 15) is 9.59 Å². The molecule has 2 aliphatic heterocycles. The van der Waals surface area contributed by atoms with Gasteiger partial charge in [-0.1, -0.05) is 6.08 Å². The van der Waals surface area contributed by atoms with Crippen molar-refractivity contribution in [2.24, 2.45) is 4.99 Å². The molecule has 0 radical (unpaired) electrons. The first-order valence-corrected chi connectivity index (χ1v) is 11.6. The molecule has 0 unspecified atom stereocenters. The molecular formula is C26H28N6O2. The third-order valence-electron chi connectivity index (χ3n) is 6.15. The summed E-state index contributed by atoms with van der Waals surface area (Å²) < 4.78 is 0. The lowest BCUT2D eigenvalue weighted by Crippen LogP contribution is -2.47. The minimum Gasteiger partial charge on any atom is -0.360 e. The van der Waals surface area contributed by atoms with E-state index in [0.717, 1.165) is 55.6 Å². The number of aromatic amines is 2. The molecule has 2 aromatic heterocycles. The van der Waals surface area contributed by atoms with E-state index >= 15 is 0 Å². The van der Waals surface area contributed by atoms with Gasteiger partial charge in [-0.15, -0.1) is 0 Å². The number of carbonyl (C=O) groups excluding carboxylic acids is 1. The van der Waals surface area contributed by atoms with Crippen LogP contribution in [-0.4, -0.2) is 64.6 Å². The highest BCUT2D eigenvalue weighted by Crippen LogP contribution is 2.23. The summed E-state index contributed by atoms with van der Waals surface area (Å²) in [6.45, 7) is 3.27. The summed E-state index contributed by atoms with van der Waals surface area (Å²) in [6, 6.07) is 10.9. The Bertz CT molecular complexity index is 1350. The number of rotatable bonds is 4. The molecule has 1 aromatic carbocycles. The van der Waals surface area contributed by atoms with Crippen molar-refractivity contribution < 1.29 is 4.79 Å². The highest BCUT2D eigenvalue weighted by molar-refractivity contribution is 6.08. The third-order valence-corrected chi connectivity index (χ3v) is 6.15. The first kappa shape index (κ1) is 21.9. The van der Waals surface area contributed by atoms with Gasteiger partial charge >= 0.3 is 0 Å². The Kier molecular flexibility index (Phi) is 6.14. The minimum absolute atomic E-state index is 0.0411. The van der Waals surface area contributed by atoms with Gasteiger partial charge in [0.15, 0.2) is 5.43 Å². The van der Waals surface area contributed by atoms with Crippen LogP contribution in [0.2, 0.25) is 0 Å². The molecule has 4 heterocycles. The van der Waals surface area contributed by atoms with Crippen LogP contribution in [0.3, 0.4) is 0 Å². The lowest BCUT2D eigenvalue weighted by Gasteiger charge is -2.32. The summed E-state index contributed by atoms with van der Waals surface area (Å²) in [5.74, 6) is 0.757. The average molecular weight is 457 g/mol. The molecule has 34 heavy (non-hydrogen) atoms. The van der Waals surface area contributed by atoms with Crippen LogP contribution < -0.4 is 10.7 Å². The number of aliphatic imine (C=N–C) groups is 1. The van der Waals surface area contributed by atoms with E-state index in [4.69, 9.17) is 4.99 Å². The van der Waals surface area contributed by atoms with E-state index in [-0.39, 0.29) is 11.3 Å². The topological polar surface area (TPSA) is 96.6 Å². The Morgan fingerprint density at radius 3 is 2.74 bits per heavy atom. The SMILES string of the molecule is CN1CCN(C(=O)c2cc3cc(NC4=C/CC/C=C/C(c5cc(=O)cc[nH]5)=N\4)ccc3[nH]2)CC1. The second-order valence-electron chi connectivity index (χ2n) is 8.71. The van der Waals surface area contributed by atoms with Gasteiger partial charge in [0, 0.05) is 61.1 Å². The second-order valence-corrected chi connectivity index (χ2v) is 8.71. The van der Waals surface area contributed by atoms with Crippen LogP contribution in [0, 0.1) is 0 Å². The minimum atomic E-state index is -0.0646. The molecule has 0 spiro atoms. The quantitative estimate of drug-likeness (QED) is 0.561. The largest absolute Gasteiger partial charge is 0.360 e. The van der Waals surface area contributed by atoms with Gasteiger partial charge in [0.2, 0.25) is 0 Å². The number of anilines is 1. The number of allylic oxidation sites excluding steroid dienone is 3. The number of nitrogens with zero attached hydrogens (tertiary/aromatic N) is 3. The fourth-order valence-electron chi connectivity index (χ4n) is 4.20. The molecule has 5 rings (SSSR count). The van der Waals surface area contributed by atoms with Crippen LogP contribution in [0.4, 0.5) is 5.69 Å². The monoisotopic (exact) mass is 456 g/mol. The van der Waals surface area contributed by atoms with Gasteiger partial charge in [0.1, 0.15) is 11.5 Å². The molecule has 0 aliphatic carbocycles. The molecule has 3 aromatic rings. The van der Waals surface area contributed by atoms with Gasteiger partial charge in [-0.25, -0.2) is 4.99 Å². The number of aromatic nitrogens is 2. The van der Waals surface area contributed by atoms with E-state index in [2.05, 4.69) is 33.3 Å². The summed E-state index contributed by atoms with van der Waals surface area (Å²) in [5, 5.41) is 4.36. The number of hydrogen-bond donors (Lipinski definition) is 3. The first-order chi connectivity index (χ1) is 16.5. The van der Waals surface area contributed by atoms with Crippen molar-refractivity contribution in [2.45, 2.75) is 12.8 Å². The number of carbonyl (C=O) groups is 1. The lowest BCUT2D eigenvalue weighted by molar-refractivity contribution is 0.0659. The number of pyridine rings is 1. The maximum absolute atomic E-state index is 12.9. The zero-order chi connectivity index (χ0) is 23.5. The molecule has 3 N–H and O–H groups in total. The van der Waals surface area contributed by atoms with Crippen molar-refractivity contribution in [1.82, 2.24) is 19.8 Å². The number of H-pyrrole nitrogens is 2. The number of piperazine rings is 1. The molecule has 8 heteroatoms. The molecule has 174 valence electrons. The zero-order valence-corrected chi connectivity index (χ0v) is 19.2. The predicted octanol–water partition coefficient (Wildman–Crippen LogP) is 3.34. The molecule has 0 saturated carbocycles. The van der Waals surface area contributed by atoms with Crippen LogP contribution in [-0.2, 0) is 0 Å². The summed E-state index contributed by atoms with van der Waals surface area (Å²) >= 11 is 0. The number of amides is 1. The van der Waals surface area contributed by atoms with E-state index < -0.39 is 0 Å². The van der Waals surface area contributed by atoms with Crippen LogP contribution in [0.5, 0.6) is 0 Å². The molecule has 1 fully saturated rings. The first-order valence-electron chi connectivity index (χ1n) is 11.6. The molecule has 0 atom stereocenters. The smallest absolute Gasteiger partial charge is 0.270 e. The number of fused-ring (bicyclic) bond motifs is 1. The van der Waals surface area contributed by atoms with E-state index in [1.807, 2.05) is 41.3 Å². The van der Waals surface area contributed by atoms with Crippen LogP contribution in [0.25, 0.3) is 10.9 Å². The predicted molar refractivity (Wildman–Crippen MR) is 135 cm³/mol. The van der Waals surface area contributed by atoms with E-state index in [1.54, 1.807) is 12.3 Å². The Balaban J connectivity index is 1.37. The number of nitrogens with one attached hydrogen (secondary N) is 3. The average Bonchev–Trinajstić information content (AvgIpc) is 3.24. The summed E-state index contributed by atoms with van der Waals surface area (Å²) in [4.78, 5) is 40.0. The fourth-order valence-corrected chi connectivity index (χ4v) is 4.20. The van der Waals surface area contributed by atoms with Crippen molar-refractivity contribution in [2.75, 3.05) is 38.5 Å². The lowest BCUT2D eigenvalue weighted by atomic mass is 10.1. The van der Waals surface area contributed by atoms with Crippen LogP contribution in [0.1, 0.15) is 29.0 Å². The standard InChI is InChI=1S/C26H28N6O2/c1-31-11-13-32(14-12-31)26(34)24-16-18-15-19(7-8-21(18)29-24)28-25-6-4-2-3-5-22(30-25)23-17-20(33)9-10-27-23/h3,5-10,15-17,28-29H,2,4,11-14H2,1H3,(H,27,33)/b5-3+,25-6-,30-22+. The van der Waals surface area contributed by atoms with Crippen molar-refractivity contribution in [3.05, 3.63) is 88.3 Å².